The second-order valence-electron chi connectivity index (χ2n) is 7.51. The Bertz CT molecular complexity index is 773. The fraction of sp³-hybridized carbons (Fsp3) is 0.526. The maximum absolute atomic E-state index is 11.6. The summed E-state index contributed by atoms with van der Waals surface area (Å²) in [6.07, 6.45) is 5.52. The molecule has 1 fully saturated rings. The number of carbonyl (C=O) groups excluding carboxylic acids is 1. The van der Waals surface area contributed by atoms with E-state index in [-0.39, 0.29) is 35.3 Å². The van der Waals surface area contributed by atoms with E-state index >= 15 is 0 Å². The normalized spacial score (nSPS) is 38.4. The van der Waals surface area contributed by atoms with Gasteiger partial charge in [0.15, 0.2) is 11.5 Å². The minimum atomic E-state index is -0.249. The third kappa shape index (κ3) is 1.56. The van der Waals surface area contributed by atoms with Crippen molar-refractivity contribution in [3.05, 3.63) is 35.4 Å². The SMILES string of the molecule is CC(=O)O[C@@H]1C=C[C@@H]2Oc3c(O)ccc4c3[C@@]23CCN(C)[C@H](C4)[C@H]13. The third-order valence-corrected chi connectivity index (χ3v) is 6.46. The van der Waals surface area contributed by atoms with Crippen molar-refractivity contribution in [2.75, 3.05) is 13.6 Å². The average molecular weight is 327 g/mol. The van der Waals surface area contributed by atoms with Gasteiger partial charge in [0.1, 0.15) is 12.2 Å². The summed E-state index contributed by atoms with van der Waals surface area (Å²) < 4.78 is 11.9. The molecule has 0 saturated carbocycles. The molecule has 5 nitrogen and oxygen atoms in total. The van der Waals surface area contributed by atoms with Crippen LogP contribution in [0.25, 0.3) is 0 Å². The molecule has 1 aromatic rings. The first-order valence-corrected chi connectivity index (χ1v) is 8.60. The Labute approximate surface area is 140 Å². The fourth-order valence-electron chi connectivity index (χ4n) is 5.59. The molecular formula is C19H21NO4. The Kier molecular flexibility index (Phi) is 2.71. The van der Waals surface area contributed by atoms with Crippen LogP contribution in [-0.4, -0.2) is 47.8 Å². The second kappa shape index (κ2) is 4.54. The van der Waals surface area contributed by atoms with Gasteiger partial charge >= 0.3 is 5.97 Å². The monoisotopic (exact) mass is 327 g/mol. The highest BCUT2D eigenvalue weighted by Crippen LogP contribution is 2.62. The smallest absolute Gasteiger partial charge is 0.303 e. The first-order chi connectivity index (χ1) is 11.5. The first-order valence-electron chi connectivity index (χ1n) is 8.60. The fourth-order valence-corrected chi connectivity index (χ4v) is 5.59. The minimum absolute atomic E-state index is 0.0899. The summed E-state index contributed by atoms with van der Waals surface area (Å²) in [5.41, 5.74) is 2.21. The number of piperidine rings is 1. The van der Waals surface area contributed by atoms with Crippen LogP contribution in [0.2, 0.25) is 0 Å². The number of phenolic OH excluding ortho intramolecular Hbond substituents is 1. The van der Waals surface area contributed by atoms with Crippen LogP contribution in [0, 0.1) is 5.92 Å². The van der Waals surface area contributed by atoms with E-state index in [1.54, 1.807) is 6.07 Å². The maximum Gasteiger partial charge on any atom is 0.303 e. The van der Waals surface area contributed by atoms with Crippen LogP contribution in [0.4, 0.5) is 0 Å². The number of nitrogens with zero attached hydrogens (tertiary/aromatic N) is 1. The molecule has 2 aliphatic heterocycles. The maximum atomic E-state index is 11.6. The van der Waals surface area contributed by atoms with Crippen LogP contribution in [0.15, 0.2) is 24.3 Å². The number of ether oxygens (including phenoxy) is 2. The summed E-state index contributed by atoms with van der Waals surface area (Å²) in [5.74, 6) is 0.761. The molecule has 2 aliphatic carbocycles. The highest BCUT2D eigenvalue weighted by molar-refractivity contribution is 5.67. The van der Waals surface area contributed by atoms with Crippen LogP contribution in [0.1, 0.15) is 24.5 Å². The molecule has 0 unspecified atom stereocenters. The van der Waals surface area contributed by atoms with Gasteiger partial charge in [-0.05, 0) is 50.2 Å². The molecule has 2 heterocycles. The van der Waals surface area contributed by atoms with Crippen molar-refractivity contribution in [1.82, 2.24) is 4.90 Å². The highest BCUT2D eigenvalue weighted by atomic mass is 16.5. The summed E-state index contributed by atoms with van der Waals surface area (Å²) in [4.78, 5) is 14.0. The van der Waals surface area contributed by atoms with Crippen molar-refractivity contribution in [3.63, 3.8) is 0 Å². The number of carbonyl (C=O) groups is 1. The van der Waals surface area contributed by atoms with Crippen LogP contribution in [-0.2, 0) is 21.4 Å². The van der Waals surface area contributed by atoms with Gasteiger partial charge in [0.05, 0.1) is 0 Å². The number of hydrogen-bond donors (Lipinski definition) is 1. The van der Waals surface area contributed by atoms with E-state index in [0.717, 1.165) is 24.9 Å². The van der Waals surface area contributed by atoms with Gasteiger partial charge in [-0.1, -0.05) is 6.07 Å². The lowest BCUT2D eigenvalue weighted by Gasteiger charge is -2.57. The molecule has 2 bridgehead atoms. The molecule has 1 aromatic carbocycles. The van der Waals surface area contributed by atoms with Gasteiger partial charge in [-0.15, -0.1) is 0 Å². The zero-order chi connectivity index (χ0) is 16.6. The molecular weight excluding hydrogens is 306 g/mol. The molecule has 1 N–H and O–H groups in total. The lowest BCUT2D eigenvalue weighted by atomic mass is 9.52. The predicted molar refractivity (Wildman–Crippen MR) is 87.1 cm³/mol. The number of aromatic hydroxyl groups is 1. The Balaban J connectivity index is 1.76. The number of likely N-dealkylation sites (N-methyl/N-ethyl adjacent to an activating group) is 1. The lowest BCUT2D eigenvalue weighted by Crippen LogP contribution is -2.66. The largest absolute Gasteiger partial charge is 0.504 e. The zero-order valence-electron chi connectivity index (χ0n) is 13.9. The van der Waals surface area contributed by atoms with Crippen LogP contribution >= 0.6 is 0 Å². The molecule has 1 spiro atoms. The van der Waals surface area contributed by atoms with Crippen molar-refractivity contribution >= 4 is 5.97 Å². The Morgan fingerprint density at radius 2 is 2.25 bits per heavy atom. The zero-order valence-corrected chi connectivity index (χ0v) is 13.9. The van der Waals surface area contributed by atoms with E-state index in [4.69, 9.17) is 9.47 Å². The Morgan fingerprint density at radius 1 is 1.42 bits per heavy atom. The minimum Gasteiger partial charge on any atom is -0.504 e. The van der Waals surface area contributed by atoms with Crippen molar-refractivity contribution in [3.8, 4) is 11.5 Å². The summed E-state index contributed by atoms with van der Waals surface area (Å²) in [6.45, 7) is 2.45. The van der Waals surface area contributed by atoms with E-state index in [9.17, 15) is 9.90 Å². The van der Waals surface area contributed by atoms with Gasteiger partial charge < -0.3 is 19.5 Å². The van der Waals surface area contributed by atoms with Crippen molar-refractivity contribution in [2.24, 2.45) is 5.92 Å². The molecule has 5 rings (SSSR count). The van der Waals surface area contributed by atoms with Gasteiger partial charge in [0.2, 0.25) is 0 Å². The van der Waals surface area contributed by atoms with Gasteiger partial charge in [-0.25, -0.2) is 0 Å². The van der Waals surface area contributed by atoms with Gasteiger partial charge in [-0.2, -0.15) is 0 Å². The topological polar surface area (TPSA) is 59.0 Å². The summed E-state index contributed by atoms with van der Waals surface area (Å²) >= 11 is 0. The van der Waals surface area contributed by atoms with Crippen LogP contribution < -0.4 is 4.74 Å². The number of phenols is 1. The van der Waals surface area contributed by atoms with E-state index in [0.29, 0.717) is 11.8 Å². The molecule has 0 aromatic heterocycles. The molecule has 24 heavy (non-hydrogen) atoms. The number of likely N-dealkylation sites (tertiary alicyclic amines) is 1. The lowest BCUT2D eigenvalue weighted by molar-refractivity contribution is -0.153. The van der Waals surface area contributed by atoms with E-state index in [1.165, 1.54) is 12.5 Å². The van der Waals surface area contributed by atoms with Gasteiger partial charge in [0.25, 0.3) is 0 Å². The van der Waals surface area contributed by atoms with Crippen LogP contribution in [0.5, 0.6) is 11.5 Å². The first kappa shape index (κ1) is 14.3. The molecule has 126 valence electrons. The summed E-state index contributed by atoms with van der Waals surface area (Å²) in [5, 5.41) is 10.3. The number of rotatable bonds is 1. The summed E-state index contributed by atoms with van der Waals surface area (Å²) in [7, 11) is 2.15. The standard InChI is InChI=1S/C19H21NO4/c1-10(21)23-14-5-6-15-19-7-8-20(2)12(17(14)19)9-11-3-4-13(22)18(24-15)16(11)19/h3-6,12,14-15,17,22H,7-9H2,1-2H3/t12-,14-,15+,17-,19-/m1/s1. The van der Waals surface area contributed by atoms with E-state index in [2.05, 4.69) is 11.9 Å². The van der Waals surface area contributed by atoms with Gasteiger partial charge in [0, 0.05) is 29.9 Å². The van der Waals surface area contributed by atoms with Crippen molar-refractivity contribution in [1.29, 1.82) is 0 Å². The molecule has 4 aliphatic rings. The molecule has 5 atom stereocenters. The Hall–Kier alpha value is -2.01. The quantitative estimate of drug-likeness (QED) is 0.629. The highest BCUT2D eigenvalue weighted by Gasteiger charge is 2.65. The second-order valence-corrected chi connectivity index (χ2v) is 7.51. The predicted octanol–water partition coefficient (Wildman–Crippen LogP) is 1.77. The van der Waals surface area contributed by atoms with Crippen molar-refractivity contribution < 1.29 is 19.4 Å². The Morgan fingerprint density at radius 3 is 3.04 bits per heavy atom. The number of hydrogen-bond acceptors (Lipinski definition) is 5. The van der Waals surface area contributed by atoms with Crippen molar-refractivity contribution in [2.45, 2.75) is 43.4 Å². The van der Waals surface area contributed by atoms with Crippen LogP contribution in [0.3, 0.4) is 0 Å². The summed E-state index contributed by atoms with van der Waals surface area (Å²) in [6, 6.07) is 4.08. The molecule has 1 saturated heterocycles. The average Bonchev–Trinajstić information content (AvgIpc) is 2.88. The third-order valence-electron chi connectivity index (χ3n) is 6.46. The number of esters is 1. The molecule has 0 amide bonds. The molecule has 5 heteroatoms. The van der Waals surface area contributed by atoms with Gasteiger partial charge in [-0.3, -0.25) is 4.79 Å². The van der Waals surface area contributed by atoms with E-state index < -0.39 is 0 Å². The molecule has 0 radical (unpaired) electrons. The van der Waals surface area contributed by atoms with E-state index in [1.807, 2.05) is 18.2 Å². The number of benzene rings is 1.